The highest BCUT2D eigenvalue weighted by molar-refractivity contribution is 6.31. The number of para-hydroxylation sites is 1. The van der Waals surface area contributed by atoms with Gasteiger partial charge in [-0.05, 0) is 67.8 Å². The molecule has 2 aliphatic heterocycles. The van der Waals surface area contributed by atoms with Gasteiger partial charge in [-0.25, -0.2) is 9.18 Å². The maximum absolute atomic E-state index is 14.1. The second-order valence-corrected chi connectivity index (χ2v) is 9.48. The van der Waals surface area contributed by atoms with Crippen molar-refractivity contribution in [1.82, 2.24) is 5.32 Å². The lowest BCUT2D eigenvalue weighted by Gasteiger charge is -2.24. The molecule has 0 unspecified atom stereocenters. The van der Waals surface area contributed by atoms with E-state index in [4.69, 9.17) is 11.6 Å². The van der Waals surface area contributed by atoms with Gasteiger partial charge in [0.15, 0.2) is 0 Å². The van der Waals surface area contributed by atoms with Gasteiger partial charge in [-0.3, -0.25) is 9.69 Å². The third-order valence-electron chi connectivity index (χ3n) is 6.34. The van der Waals surface area contributed by atoms with Gasteiger partial charge >= 0.3 is 6.03 Å². The Labute approximate surface area is 201 Å². The average Bonchev–Trinajstić information content (AvgIpc) is 3.36. The summed E-state index contributed by atoms with van der Waals surface area (Å²) in [5.74, 6) is -0.886. The molecule has 8 heteroatoms. The Morgan fingerprint density at radius 2 is 1.97 bits per heavy atom. The van der Waals surface area contributed by atoms with Crippen molar-refractivity contribution in [2.24, 2.45) is 0 Å². The lowest BCUT2D eigenvalue weighted by molar-refractivity contribution is 0.0785. The van der Waals surface area contributed by atoms with Crippen molar-refractivity contribution in [3.63, 3.8) is 0 Å². The van der Waals surface area contributed by atoms with Crippen LogP contribution < -0.4 is 15.5 Å². The molecule has 3 aromatic carbocycles. The van der Waals surface area contributed by atoms with Crippen LogP contribution in [0.2, 0.25) is 5.02 Å². The summed E-state index contributed by atoms with van der Waals surface area (Å²) in [6.07, 6.45) is 0.743. The minimum Gasteiger partial charge on any atom is -0.386 e. The summed E-state index contributed by atoms with van der Waals surface area (Å²) in [7, 11) is 0. The summed E-state index contributed by atoms with van der Waals surface area (Å²) in [5, 5.41) is 16.7. The summed E-state index contributed by atoms with van der Waals surface area (Å²) in [6.45, 7) is 3.73. The van der Waals surface area contributed by atoms with Crippen LogP contribution in [0.15, 0.2) is 54.6 Å². The number of urea groups is 1. The Morgan fingerprint density at radius 1 is 1.21 bits per heavy atom. The van der Waals surface area contributed by atoms with E-state index in [1.807, 2.05) is 24.3 Å². The van der Waals surface area contributed by atoms with Gasteiger partial charge in [0.2, 0.25) is 0 Å². The highest BCUT2D eigenvalue weighted by Crippen LogP contribution is 2.42. The smallest absolute Gasteiger partial charge is 0.326 e. The molecule has 0 aromatic heterocycles. The zero-order valence-corrected chi connectivity index (χ0v) is 19.4. The minimum absolute atomic E-state index is 0.289. The molecule has 0 fully saturated rings. The highest BCUT2D eigenvalue weighted by Gasteiger charge is 2.36. The number of anilines is 2. The number of fused-ring (bicyclic) bond motifs is 2. The zero-order chi connectivity index (χ0) is 24.2. The standard InChI is InChI=1S/C26H23ClFN3O3/c1-26(2,34)15-11-18-22(23(30-24(18)32)17-13-16(28)7-8-19(17)27)20(12-15)29-25(33)31-10-9-14-5-3-4-6-21(14)31/h3-8,11-13,23,34H,9-10H2,1-2H3,(H,29,33)(H,30,32)/t23-/m1/s1. The van der Waals surface area contributed by atoms with Crippen LogP contribution >= 0.6 is 11.6 Å². The van der Waals surface area contributed by atoms with Crippen molar-refractivity contribution in [1.29, 1.82) is 0 Å². The van der Waals surface area contributed by atoms with Gasteiger partial charge in [-0.1, -0.05) is 29.8 Å². The second-order valence-electron chi connectivity index (χ2n) is 9.08. The molecular formula is C26H23ClFN3O3. The van der Waals surface area contributed by atoms with E-state index in [-0.39, 0.29) is 11.1 Å². The van der Waals surface area contributed by atoms with Crippen LogP contribution in [-0.4, -0.2) is 23.6 Å². The molecule has 0 saturated heterocycles. The monoisotopic (exact) mass is 479 g/mol. The zero-order valence-electron chi connectivity index (χ0n) is 18.7. The molecule has 0 bridgehead atoms. The number of hydrogen-bond acceptors (Lipinski definition) is 3. The maximum atomic E-state index is 14.1. The molecule has 0 aliphatic carbocycles. The Bertz CT molecular complexity index is 1340. The van der Waals surface area contributed by atoms with E-state index < -0.39 is 23.4 Å². The Hall–Kier alpha value is -3.42. The van der Waals surface area contributed by atoms with Crippen LogP contribution in [-0.2, 0) is 12.0 Å². The van der Waals surface area contributed by atoms with Crippen LogP contribution in [0, 0.1) is 5.82 Å². The van der Waals surface area contributed by atoms with Crippen molar-refractivity contribution >= 4 is 34.9 Å². The molecule has 174 valence electrons. The van der Waals surface area contributed by atoms with Gasteiger partial charge < -0.3 is 15.7 Å². The van der Waals surface area contributed by atoms with Crippen LogP contribution in [0.25, 0.3) is 0 Å². The SMILES string of the molecule is CC(C)(O)c1cc(NC(=O)N2CCc3ccccc32)c2c(c1)C(=O)N[C@@H]2c1cc(F)ccc1Cl. The summed E-state index contributed by atoms with van der Waals surface area (Å²) in [5.41, 5.74) is 2.62. The fourth-order valence-electron chi connectivity index (χ4n) is 4.59. The Morgan fingerprint density at radius 3 is 2.74 bits per heavy atom. The third-order valence-corrected chi connectivity index (χ3v) is 6.68. The molecular weight excluding hydrogens is 457 g/mol. The van der Waals surface area contributed by atoms with Gasteiger partial charge in [0, 0.05) is 39.6 Å². The van der Waals surface area contributed by atoms with E-state index >= 15 is 0 Å². The predicted molar refractivity (Wildman–Crippen MR) is 129 cm³/mol. The molecule has 3 amide bonds. The molecule has 2 heterocycles. The fourth-order valence-corrected chi connectivity index (χ4v) is 4.82. The first-order valence-corrected chi connectivity index (χ1v) is 11.3. The second kappa shape index (κ2) is 8.11. The topological polar surface area (TPSA) is 81.7 Å². The summed E-state index contributed by atoms with van der Waals surface area (Å²) in [4.78, 5) is 27.9. The van der Waals surface area contributed by atoms with Gasteiger partial charge in [0.1, 0.15) is 5.82 Å². The number of rotatable bonds is 3. The number of nitrogens with one attached hydrogen (secondary N) is 2. The molecule has 0 saturated carbocycles. The van der Waals surface area contributed by atoms with Crippen molar-refractivity contribution in [3.8, 4) is 0 Å². The first-order valence-electron chi connectivity index (χ1n) is 11.0. The van der Waals surface area contributed by atoms with E-state index in [0.29, 0.717) is 34.5 Å². The van der Waals surface area contributed by atoms with E-state index in [0.717, 1.165) is 17.7 Å². The lowest BCUT2D eigenvalue weighted by atomic mass is 9.90. The number of carbonyl (C=O) groups excluding carboxylic acids is 2. The van der Waals surface area contributed by atoms with Gasteiger partial charge in [0.05, 0.1) is 11.6 Å². The highest BCUT2D eigenvalue weighted by atomic mass is 35.5. The molecule has 34 heavy (non-hydrogen) atoms. The predicted octanol–water partition coefficient (Wildman–Crippen LogP) is 5.13. The average molecular weight is 480 g/mol. The molecule has 0 radical (unpaired) electrons. The lowest BCUT2D eigenvalue weighted by Crippen LogP contribution is -2.34. The van der Waals surface area contributed by atoms with E-state index in [1.165, 1.54) is 18.2 Å². The van der Waals surface area contributed by atoms with Crippen LogP contribution in [0.4, 0.5) is 20.6 Å². The normalized spacial score (nSPS) is 16.8. The van der Waals surface area contributed by atoms with Crippen molar-refractivity contribution in [3.05, 3.63) is 93.3 Å². The Kier molecular flexibility index (Phi) is 5.34. The van der Waals surface area contributed by atoms with Crippen LogP contribution in [0.5, 0.6) is 0 Å². The number of nitrogens with zero attached hydrogens (tertiary/aromatic N) is 1. The number of amides is 3. The van der Waals surface area contributed by atoms with E-state index in [2.05, 4.69) is 10.6 Å². The summed E-state index contributed by atoms with van der Waals surface area (Å²) < 4.78 is 14.1. The molecule has 2 aliphatic rings. The molecule has 5 rings (SSSR count). The fraction of sp³-hybridized carbons (Fsp3) is 0.231. The first kappa shape index (κ1) is 22.4. The molecule has 3 N–H and O–H groups in total. The van der Waals surface area contributed by atoms with Crippen molar-refractivity contribution in [2.75, 3.05) is 16.8 Å². The minimum atomic E-state index is -1.26. The van der Waals surface area contributed by atoms with Crippen LogP contribution in [0.1, 0.15) is 52.5 Å². The first-order chi connectivity index (χ1) is 16.1. The summed E-state index contributed by atoms with van der Waals surface area (Å²) in [6, 6.07) is 13.8. The molecule has 1 atom stereocenters. The van der Waals surface area contributed by atoms with E-state index in [1.54, 1.807) is 30.9 Å². The quantitative estimate of drug-likeness (QED) is 0.487. The molecule has 6 nitrogen and oxygen atoms in total. The van der Waals surface area contributed by atoms with Gasteiger partial charge in [-0.2, -0.15) is 0 Å². The molecule has 3 aromatic rings. The molecule has 0 spiro atoms. The largest absolute Gasteiger partial charge is 0.386 e. The number of aliphatic hydroxyl groups is 1. The van der Waals surface area contributed by atoms with Crippen molar-refractivity contribution in [2.45, 2.75) is 31.9 Å². The number of hydrogen-bond donors (Lipinski definition) is 3. The van der Waals surface area contributed by atoms with Gasteiger partial charge in [-0.15, -0.1) is 0 Å². The third kappa shape index (κ3) is 3.81. The van der Waals surface area contributed by atoms with Crippen LogP contribution in [0.3, 0.4) is 0 Å². The summed E-state index contributed by atoms with van der Waals surface area (Å²) >= 11 is 6.36. The van der Waals surface area contributed by atoms with E-state index in [9.17, 15) is 19.1 Å². The number of benzene rings is 3. The number of halogens is 2. The van der Waals surface area contributed by atoms with Crippen molar-refractivity contribution < 1.29 is 19.1 Å². The number of carbonyl (C=O) groups is 2. The maximum Gasteiger partial charge on any atom is 0.326 e. The van der Waals surface area contributed by atoms with Gasteiger partial charge in [0.25, 0.3) is 5.91 Å². The Balaban J connectivity index is 1.61.